The van der Waals surface area contributed by atoms with E-state index >= 15 is 0 Å². The molecule has 0 aliphatic carbocycles. The molecule has 0 radical (unpaired) electrons. The normalized spacial score (nSPS) is 10.1. The maximum atomic E-state index is 13.4. The minimum absolute atomic E-state index is 0.0846. The van der Waals surface area contributed by atoms with Gasteiger partial charge >= 0.3 is 11.7 Å². The number of carbonyl (C=O) groups is 1. The lowest BCUT2D eigenvalue weighted by Gasteiger charge is -2.04. The number of nitro groups is 1. The lowest BCUT2D eigenvalue weighted by atomic mass is 10.1. The predicted molar refractivity (Wildman–Crippen MR) is 69.2 cm³/mol. The van der Waals surface area contributed by atoms with Gasteiger partial charge in [0, 0.05) is 12.1 Å². The summed E-state index contributed by atoms with van der Waals surface area (Å²) in [6.07, 6.45) is 0. The number of halogens is 1. The molecule has 0 N–H and O–H groups in total. The number of rotatable bonds is 3. The minimum Gasteiger partial charge on any atom is -0.423 e. The zero-order chi connectivity index (χ0) is 14.7. The Bertz CT molecular complexity index is 667. The van der Waals surface area contributed by atoms with E-state index in [9.17, 15) is 19.3 Å². The van der Waals surface area contributed by atoms with Crippen molar-refractivity contribution in [1.82, 2.24) is 0 Å². The Morgan fingerprint density at radius 2 is 1.85 bits per heavy atom. The van der Waals surface area contributed by atoms with Crippen LogP contribution in [-0.4, -0.2) is 10.9 Å². The molecule has 2 aromatic carbocycles. The molecule has 0 amide bonds. The summed E-state index contributed by atoms with van der Waals surface area (Å²) in [5, 5.41) is 10.5. The number of aryl methyl sites for hydroxylation is 1. The van der Waals surface area contributed by atoms with Gasteiger partial charge < -0.3 is 4.74 Å². The standard InChI is InChI=1S/C14H10FNO4/c1-9-2-4-10(5-3-9)14(17)20-11-6-7-13(16(18)19)12(15)8-11/h2-8H,1H3. The van der Waals surface area contributed by atoms with Crippen LogP contribution in [0.25, 0.3) is 0 Å². The number of hydrogen-bond donors (Lipinski definition) is 0. The molecule has 0 atom stereocenters. The molecule has 102 valence electrons. The molecule has 20 heavy (non-hydrogen) atoms. The molecule has 0 bridgehead atoms. The Morgan fingerprint density at radius 1 is 1.20 bits per heavy atom. The van der Waals surface area contributed by atoms with Crippen LogP contribution in [0.15, 0.2) is 42.5 Å². The lowest BCUT2D eigenvalue weighted by molar-refractivity contribution is -0.387. The van der Waals surface area contributed by atoms with Crippen LogP contribution < -0.4 is 4.74 Å². The average molecular weight is 275 g/mol. The van der Waals surface area contributed by atoms with Crippen LogP contribution in [-0.2, 0) is 0 Å². The number of hydrogen-bond acceptors (Lipinski definition) is 4. The molecule has 5 nitrogen and oxygen atoms in total. The van der Waals surface area contributed by atoms with E-state index in [0.717, 1.165) is 17.7 Å². The second kappa shape index (κ2) is 5.48. The van der Waals surface area contributed by atoms with Crippen molar-refractivity contribution in [2.24, 2.45) is 0 Å². The number of nitro benzene ring substituents is 1. The molecule has 0 saturated carbocycles. The van der Waals surface area contributed by atoms with Gasteiger partial charge in [0.15, 0.2) is 0 Å². The summed E-state index contributed by atoms with van der Waals surface area (Å²) in [4.78, 5) is 21.4. The first kappa shape index (κ1) is 13.7. The number of esters is 1. The van der Waals surface area contributed by atoms with Crippen molar-refractivity contribution >= 4 is 11.7 Å². The highest BCUT2D eigenvalue weighted by molar-refractivity contribution is 5.91. The monoisotopic (exact) mass is 275 g/mol. The van der Waals surface area contributed by atoms with Crippen LogP contribution in [0.3, 0.4) is 0 Å². The van der Waals surface area contributed by atoms with E-state index in [1.54, 1.807) is 24.3 Å². The Morgan fingerprint density at radius 3 is 2.40 bits per heavy atom. The third-order valence-corrected chi connectivity index (χ3v) is 2.61. The van der Waals surface area contributed by atoms with Crippen molar-refractivity contribution in [3.8, 4) is 5.75 Å². The van der Waals surface area contributed by atoms with Crippen molar-refractivity contribution < 1.29 is 18.8 Å². The molecule has 0 fully saturated rings. The van der Waals surface area contributed by atoms with Crippen molar-refractivity contribution in [2.75, 3.05) is 0 Å². The second-order valence-electron chi connectivity index (χ2n) is 4.13. The number of carbonyl (C=O) groups excluding carboxylic acids is 1. The third-order valence-electron chi connectivity index (χ3n) is 2.61. The first-order valence-electron chi connectivity index (χ1n) is 5.70. The molecular weight excluding hydrogens is 265 g/mol. The quantitative estimate of drug-likeness (QED) is 0.373. The molecule has 0 spiro atoms. The summed E-state index contributed by atoms with van der Waals surface area (Å²) in [5.74, 6) is -1.79. The first-order chi connectivity index (χ1) is 9.47. The zero-order valence-electron chi connectivity index (χ0n) is 10.5. The maximum absolute atomic E-state index is 13.4. The Labute approximate surface area is 113 Å². The van der Waals surface area contributed by atoms with Gasteiger partial charge in [-0.15, -0.1) is 0 Å². The third kappa shape index (κ3) is 2.97. The van der Waals surface area contributed by atoms with Gasteiger partial charge in [-0.25, -0.2) is 4.79 Å². The van der Waals surface area contributed by atoms with Gasteiger partial charge in [0.05, 0.1) is 10.5 Å². The Balaban J connectivity index is 2.18. The van der Waals surface area contributed by atoms with Gasteiger partial charge in [0.25, 0.3) is 0 Å². The van der Waals surface area contributed by atoms with Gasteiger partial charge in [0.2, 0.25) is 5.82 Å². The first-order valence-corrected chi connectivity index (χ1v) is 5.70. The van der Waals surface area contributed by atoms with Crippen molar-refractivity contribution in [1.29, 1.82) is 0 Å². The molecule has 2 aromatic rings. The summed E-state index contributed by atoms with van der Waals surface area (Å²) >= 11 is 0. The van der Waals surface area contributed by atoms with Crippen molar-refractivity contribution in [2.45, 2.75) is 6.92 Å². The van der Waals surface area contributed by atoms with Crippen LogP contribution in [0, 0.1) is 22.9 Å². The smallest absolute Gasteiger partial charge is 0.343 e. The summed E-state index contributed by atoms with van der Waals surface area (Å²) in [5.41, 5.74) is 0.637. The SMILES string of the molecule is Cc1ccc(C(=O)Oc2ccc([N+](=O)[O-])c(F)c2)cc1. The fraction of sp³-hybridized carbons (Fsp3) is 0.0714. The average Bonchev–Trinajstić information content (AvgIpc) is 2.39. The lowest BCUT2D eigenvalue weighted by Crippen LogP contribution is -2.08. The fourth-order valence-electron chi connectivity index (χ4n) is 1.55. The molecule has 0 aliphatic heterocycles. The summed E-state index contributed by atoms with van der Waals surface area (Å²) in [7, 11) is 0. The van der Waals surface area contributed by atoms with Crippen LogP contribution in [0.1, 0.15) is 15.9 Å². The van der Waals surface area contributed by atoms with E-state index in [4.69, 9.17) is 4.74 Å². The molecule has 0 unspecified atom stereocenters. The molecule has 6 heteroatoms. The summed E-state index contributed by atoms with van der Waals surface area (Å²) in [6.45, 7) is 1.88. The van der Waals surface area contributed by atoms with Crippen LogP contribution in [0.5, 0.6) is 5.75 Å². The molecule has 0 heterocycles. The highest BCUT2D eigenvalue weighted by atomic mass is 19.1. The summed E-state index contributed by atoms with van der Waals surface area (Å²) < 4.78 is 18.3. The Hall–Kier alpha value is -2.76. The van der Waals surface area contributed by atoms with Gasteiger partial charge in [-0.2, -0.15) is 4.39 Å². The second-order valence-corrected chi connectivity index (χ2v) is 4.13. The van der Waals surface area contributed by atoms with Gasteiger partial charge in [-0.3, -0.25) is 10.1 Å². The topological polar surface area (TPSA) is 69.4 Å². The van der Waals surface area contributed by atoms with Crippen molar-refractivity contribution in [3.63, 3.8) is 0 Å². The molecule has 0 aromatic heterocycles. The van der Waals surface area contributed by atoms with Gasteiger partial charge in [0.1, 0.15) is 5.75 Å². The van der Waals surface area contributed by atoms with E-state index < -0.39 is 22.4 Å². The van der Waals surface area contributed by atoms with Crippen LogP contribution in [0.4, 0.5) is 10.1 Å². The summed E-state index contributed by atoms with van der Waals surface area (Å²) in [6, 6.07) is 9.59. The highest BCUT2D eigenvalue weighted by Crippen LogP contribution is 2.23. The Kier molecular flexibility index (Phi) is 3.74. The van der Waals surface area contributed by atoms with E-state index in [0.29, 0.717) is 5.56 Å². The fourth-order valence-corrected chi connectivity index (χ4v) is 1.55. The van der Waals surface area contributed by atoms with Gasteiger partial charge in [-0.05, 0) is 25.1 Å². The highest BCUT2D eigenvalue weighted by Gasteiger charge is 2.16. The van der Waals surface area contributed by atoms with Crippen LogP contribution in [0.2, 0.25) is 0 Å². The largest absolute Gasteiger partial charge is 0.423 e. The van der Waals surface area contributed by atoms with E-state index in [-0.39, 0.29) is 5.75 Å². The molecule has 0 saturated heterocycles. The number of nitrogens with zero attached hydrogens (tertiary/aromatic N) is 1. The van der Waals surface area contributed by atoms with Gasteiger partial charge in [-0.1, -0.05) is 17.7 Å². The van der Waals surface area contributed by atoms with Crippen molar-refractivity contribution in [3.05, 3.63) is 69.5 Å². The predicted octanol–water partition coefficient (Wildman–Crippen LogP) is 3.26. The zero-order valence-corrected chi connectivity index (χ0v) is 10.5. The number of ether oxygens (including phenoxy) is 1. The number of benzene rings is 2. The van der Waals surface area contributed by atoms with E-state index in [2.05, 4.69) is 0 Å². The van der Waals surface area contributed by atoms with Crippen LogP contribution >= 0.6 is 0 Å². The maximum Gasteiger partial charge on any atom is 0.343 e. The molecular formula is C14H10FNO4. The minimum atomic E-state index is -1.05. The molecule has 2 rings (SSSR count). The molecule has 0 aliphatic rings. The van der Waals surface area contributed by atoms with E-state index in [1.807, 2.05) is 6.92 Å². The van der Waals surface area contributed by atoms with E-state index in [1.165, 1.54) is 6.07 Å².